The van der Waals surface area contributed by atoms with Crippen molar-refractivity contribution in [3.8, 4) is 0 Å². The number of hydrogen-bond acceptors (Lipinski definition) is 2. The third-order valence-electron chi connectivity index (χ3n) is 2.01. The Bertz CT molecular complexity index is 522. The summed E-state index contributed by atoms with van der Waals surface area (Å²) in [6, 6.07) is 11.0. The van der Waals surface area contributed by atoms with E-state index in [0.29, 0.717) is 6.54 Å². The number of hydrogen-bond donors (Lipinski definition) is 0. The fraction of sp³-hybridized carbons (Fsp3) is 0.0909. The molecular formula is C11H9BrN2O. The molecule has 0 bridgehead atoms. The molecule has 1 heterocycles. The highest BCUT2D eigenvalue weighted by Gasteiger charge is 1.98. The number of rotatable bonds is 2. The Kier molecular flexibility index (Phi) is 2.97. The van der Waals surface area contributed by atoms with E-state index in [0.717, 1.165) is 10.0 Å². The van der Waals surface area contributed by atoms with Gasteiger partial charge in [-0.25, -0.2) is 4.68 Å². The molecule has 0 atom stereocenters. The third kappa shape index (κ3) is 2.53. The van der Waals surface area contributed by atoms with Crippen LogP contribution in [0.15, 0.2) is 51.9 Å². The smallest absolute Gasteiger partial charge is 0.267 e. The van der Waals surface area contributed by atoms with E-state index in [1.54, 1.807) is 12.3 Å². The van der Waals surface area contributed by atoms with Gasteiger partial charge in [0.05, 0.1) is 6.54 Å². The van der Waals surface area contributed by atoms with Crippen LogP contribution in [0.2, 0.25) is 0 Å². The Morgan fingerprint density at radius 2 is 2.13 bits per heavy atom. The summed E-state index contributed by atoms with van der Waals surface area (Å²) in [4.78, 5) is 11.4. The number of halogens is 1. The largest absolute Gasteiger partial charge is 0.268 e. The minimum Gasteiger partial charge on any atom is -0.268 e. The zero-order chi connectivity index (χ0) is 10.7. The monoisotopic (exact) mass is 264 g/mol. The molecule has 15 heavy (non-hydrogen) atoms. The zero-order valence-electron chi connectivity index (χ0n) is 7.93. The molecule has 0 saturated heterocycles. The van der Waals surface area contributed by atoms with Crippen LogP contribution in [-0.2, 0) is 6.54 Å². The molecule has 1 aromatic heterocycles. The van der Waals surface area contributed by atoms with Gasteiger partial charge in [0.2, 0.25) is 0 Å². The molecule has 0 aliphatic heterocycles. The maximum atomic E-state index is 11.4. The summed E-state index contributed by atoms with van der Waals surface area (Å²) < 4.78 is 2.44. The molecule has 2 aromatic rings. The maximum Gasteiger partial charge on any atom is 0.267 e. The van der Waals surface area contributed by atoms with Gasteiger partial charge >= 0.3 is 0 Å². The molecule has 1 aromatic carbocycles. The van der Waals surface area contributed by atoms with E-state index in [4.69, 9.17) is 0 Å². The van der Waals surface area contributed by atoms with E-state index in [1.165, 1.54) is 10.7 Å². The van der Waals surface area contributed by atoms with Gasteiger partial charge in [0.25, 0.3) is 5.56 Å². The summed E-state index contributed by atoms with van der Waals surface area (Å²) >= 11 is 3.39. The van der Waals surface area contributed by atoms with Crippen molar-refractivity contribution >= 4 is 15.9 Å². The van der Waals surface area contributed by atoms with Crippen LogP contribution < -0.4 is 5.56 Å². The van der Waals surface area contributed by atoms with Crippen LogP contribution in [0.1, 0.15) is 5.56 Å². The van der Waals surface area contributed by atoms with E-state index in [1.807, 2.05) is 24.3 Å². The van der Waals surface area contributed by atoms with Crippen molar-refractivity contribution in [3.05, 3.63) is 63.0 Å². The average Bonchev–Trinajstić information content (AvgIpc) is 2.22. The Hall–Kier alpha value is -1.42. The highest BCUT2D eigenvalue weighted by atomic mass is 79.9. The van der Waals surface area contributed by atoms with E-state index in [2.05, 4.69) is 21.0 Å². The minimum absolute atomic E-state index is 0.0857. The highest BCUT2D eigenvalue weighted by molar-refractivity contribution is 9.10. The van der Waals surface area contributed by atoms with Crippen LogP contribution in [-0.4, -0.2) is 9.78 Å². The maximum absolute atomic E-state index is 11.4. The fourth-order valence-corrected chi connectivity index (χ4v) is 1.76. The number of benzene rings is 1. The molecule has 0 aliphatic rings. The van der Waals surface area contributed by atoms with Crippen molar-refractivity contribution in [2.45, 2.75) is 6.54 Å². The van der Waals surface area contributed by atoms with Crippen LogP contribution in [0, 0.1) is 0 Å². The predicted molar refractivity (Wildman–Crippen MR) is 61.7 cm³/mol. The second-order valence-electron chi connectivity index (χ2n) is 3.15. The van der Waals surface area contributed by atoms with Crippen molar-refractivity contribution in [1.29, 1.82) is 0 Å². The van der Waals surface area contributed by atoms with Gasteiger partial charge < -0.3 is 0 Å². The van der Waals surface area contributed by atoms with E-state index < -0.39 is 0 Å². The van der Waals surface area contributed by atoms with Gasteiger partial charge in [0.1, 0.15) is 0 Å². The molecule has 0 radical (unpaired) electrons. The van der Waals surface area contributed by atoms with Gasteiger partial charge in [-0.05, 0) is 23.8 Å². The Morgan fingerprint density at radius 1 is 1.27 bits per heavy atom. The van der Waals surface area contributed by atoms with Crippen molar-refractivity contribution in [3.63, 3.8) is 0 Å². The summed E-state index contributed by atoms with van der Waals surface area (Å²) in [5.41, 5.74) is 0.961. The zero-order valence-corrected chi connectivity index (χ0v) is 9.52. The van der Waals surface area contributed by atoms with Gasteiger partial charge in [0.15, 0.2) is 0 Å². The third-order valence-corrected chi connectivity index (χ3v) is 2.50. The fourth-order valence-electron chi connectivity index (χ4n) is 1.31. The lowest BCUT2D eigenvalue weighted by Gasteiger charge is -2.03. The minimum atomic E-state index is -0.0857. The van der Waals surface area contributed by atoms with Gasteiger partial charge in [0, 0.05) is 16.7 Å². The molecule has 0 amide bonds. The van der Waals surface area contributed by atoms with E-state index in [-0.39, 0.29) is 5.56 Å². The van der Waals surface area contributed by atoms with E-state index in [9.17, 15) is 4.79 Å². The van der Waals surface area contributed by atoms with Crippen LogP contribution in [0.25, 0.3) is 0 Å². The van der Waals surface area contributed by atoms with Crippen LogP contribution >= 0.6 is 15.9 Å². The standard InChI is InChI=1S/C11H9BrN2O/c12-10-4-1-3-9(7-10)8-14-11(15)5-2-6-13-14/h1-7H,8H2. The molecule has 0 spiro atoms. The molecule has 0 saturated carbocycles. The highest BCUT2D eigenvalue weighted by Crippen LogP contribution is 2.11. The summed E-state index contributed by atoms with van der Waals surface area (Å²) in [6.07, 6.45) is 1.61. The van der Waals surface area contributed by atoms with Gasteiger partial charge in [-0.2, -0.15) is 5.10 Å². The number of nitrogens with zero attached hydrogens (tertiary/aromatic N) is 2. The van der Waals surface area contributed by atoms with Crippen LogP contribution in [0.5, 0.6) is 0 Å². The van der Waals surface area contributed by atoms with Crippen molar-refractivity contribution in [2.75, 3.05) is 0 Å². The first kappa shape index (κ1) is 10.1. The first-order chi connectivity index (χ1) is 7.25. The van der Waals surface area contributed by atoms with Gasteiger partial charge in [-0.15, -0.1) is 0 Å². The normalized spacial score (nSPS) is 10.2. The Labute approximate surface area is 95.5 Å². The van der Waals surface area contributed by atoms with Gasteiger partial charge in [-0.3, -0.25) is 4.79 Å². The lowest BCUT2D eigenvalue weighted by molar-refractivity contribution is 0.638. The molecule has 0 fully saturated rings. The molecule has 0 aliphatic carbocycles. The molecule has 0 unspecified atom stereocenters. The van der Waals surface area contributed by atoms with E-state index >= 15 is 0 Å². The summed E-state index contributed by atoms with van der Waals surface area (Å²) in [6.45, 7) is 0.499. The van der Waals surface area contributed by atoms with Crippen molar-refractivity contribution in [1.82, 2.24) is 9.78 Å². The molecule has 2 rings (SSSR count). The first-order valence-electron chi connectivity index (χ1n) is 4.52. The topological polar surface area (TPSA) is 34.9 Å². The molecule has 4 heteroatoms. The molecule has 0 N–H and O–H groups in total. The van der Waals surface area contributed by atoms with Crippen molar-refractivity contribution in [2.24, 2.45) is 0 Å². The van der Waals surface area contributed by atoms with Crippen molar-refractivity contribution < 1.29 is 0 Å². The summed E-state index contributed by atoms with van der Waals surface area (Å²) in [5, 5.41) is 3.99. The first-order valence-corrected chi connectivity index (χ1v) is 5.31. The second kappa shape index (κ2) is 4.40. The molecule has 76 valence electrons. The molecular weight excluding hydrogens is 256 g/mol. The second-order valence-corrected chi connectivity index (χ2v) is 4.07. The van der Waals surface area contributed by atoms with Crippen LogP contribution in [0.3, 0.4) is 0 Å². The predicted octanol–water partition coefficient (Wildman–Crippen LogP) is 2.05. The molecule has 3 nitrogen and oxygen atoms in total. The lowest BCUT2D eigenvalue weighted by Crippen LogP contribution is -2.21. The summed E-state index contributed by atoms with van der Waals surface area (Å²) in [5.74, 6) is 0. The Balaban J connectivity index is 2.30. The average molecular weight is 265 g/mol. The summed E-state index contributed by atoms with van der Waals surface area (Å²) in [7, 11) is 0. The lowest BCUT2D eigenvalue weighted by atomic mass is 10.2. The quantitative estimate of drug-likeness (QED) is 0.833. The van der Waals surface area contributed by atoms with Crippen LogP contribution in [0.4, 0.5) is 0 Å². The SMILES string of the molecule is O=c1cccnn1Cc1cccc(Br)c1. The number of aromatic nitrogens is 2. The Morgan fingerprint density at radius 3 is 2.87 bits per heavy atom. The van der Waals surface area contributed by atoms with Gasteiger partial charge in [-0.1, -0.05) is 28.1 Å².